The number of carbonyl (C=O) groups excluding carboxylic acids is 1. The van der Waals surface area contributed by atoms with Gasteiger partial charge in [0.05, 0.1) is 10.5 Å². The number of hydrogen-bond acceptors (Lipinski definition) is 6. The lowest BCUT2D eigenvalue weighted by molar-refractivity contribution is -0.122. The lowest BCUT2D eigenvalue weighted by Gasteiger charge is -2.29. The summed E-state index contributed by atoms with van der Waals surface area (Å²) in [5.74, 6) is 0.507. The number of carbonyl (C=O) groups is 1. The third-order valence-corrected chi connectivity index (χ3v) is 7.63. The summed E-state index contributed by atoms with van der Waals surface area (Å²) in [6.45, 7) is 4.17. The number of aromatic nitrogens is 2. The van der Waals surface area contributed by atoms with Crippen molar-refractivity contribution >= 4 is 51.7 Å². The van der Waals surface area contributed by atoms with E-state index >= 15 is 0 Å². The van der Waals surface area contributed by atoms with E-state index in [9.17, 15) is 9.59 Å². The van der Waals surface area contributed by atoms with Crippen molar-refractivity contribution in [2.45, 2.75) is 32.6 Å². The normalized spacial score (nSPS) is 17.9. The Hall–Kier alpha value is -2.97. The van der Waals surface area contributed by atoms with E-state index < -0.39 is 0 Å². The summed E-state index contributed by atoms with van der Waals surface area (Å²) >= 11 is 6.79. The molecule has 34 heavy (non-hydrogen) atoms. The van der Waals surface area contributed by atoms with Gasteiger partial charge >= 0.3 is 0 Å². The summed E-state index contributed by atoms with van der Waals surface area (Å²) in [4.78, 5) is 36.0. The fraction of sp³-hybridized carbons (Fsp3) is 0.308. The van der Waals surface area contributed by atoms with E-state index in [2.05, 4.69) is 4.90 Å². The van der Waals surface area contributed by atoms with Crippen LogP contribution >= 0.6 is 24.0 Å². The molecule has 1 amide bonds. The van der Waals surface area contributed by atoms with Crippen LogP contribution in [0.2, 0.25) is 0 Å². The van der Waals surface area contributed by atoms with Gasteiger partial charge in [-0.15, -0.1) is 0 Å². The molecule has 0 bridgehead atoms. The Bertz CT molecular complexity index is 1340. The first-order valence-corrected chi connectivity index (χ1v) is 12.8. The van der Waals surface area contributed by atoms with Crippen LogP contribution in [0.4, 0.5) is 5.82 Å². The molecule has 2 saturated heterocycles. The molecular weight excluding hydrogens is 464 g/mol. The predicted molar refractivity (Wildman–Crippen MR) is 142 cm³/mol. The molecule has 2 aliphatic rings. The smallest absolute Gasteiger partial charge is 0.267 e. The lowest BCUT2D eigenvalue weighted by Crippen LogP contribution is -2.33. The van der Waals surface area contributed by atoms with Gasteiger partial charge in [0.2, 0.25) is 0 Å². The van der Waals surface area contributed by atoms with Crippen molar-refractivity contribution in [3.63, 3.8) is 0 Å². The van der Waals surface area contributed by atoms with Crippen molar-refractivity contribution in [1.82, 2.24) is 14.3 Å². The number of thiocarbonyl (C=S) groups is 1. The van der Waals surface area contributed by atoms with Crippen LogP contribution in [0, 0.1) is 6.92 Å². The van der Waals surface area contributed by atoms with Crippen molar-refractivity contribution in [3.8, 4) is 0 Å². The van der Waals surface area contributed by atoms with Crippen molar-refractivity contribution in [2.24, 2.45) is 0 Å². The molecule has 8 heteroatoms. The molecule has 0 radical (unpaired) electrons. The Morgan fingerprint density at radius 3 is 2.59 bits per heavy atom. The third-order valence-electron chi connectivity index (χ3n) is 6.26. The number of aryl methyl sites for hydroxylation is 1. The third kappa shape index (κ3) is 4.52. The van der Waals surface area contributed by atoms with Crippen LogP contribution in [0.3, 0.4) is 0 Å². The highest BCUT2D eigenvalue weighted by atomic mass is 32.2. The topological polar surface area (TPSA) is 57.9 Å². The molecule has 2 fully saturated rings. The zero-order valence-electron chi connectivity index (χ0n) is 19.1. The molecule has 174 valence electrons. The molecule has 0 spiro atoms. The van der Waals surface area contributed by atoms with Gasteiger partial charge in [-0.3, -0.25) is 18.9 Å². The van der Waals surface area contributed by atoms with E-state index in [1.165, 1.54) is 18.2 Å². The second-order valence-corrected chi connectivity index (χ2v) is 10.4. The molecule has 4 heterocycles. The molecule has 5 rings (SSSR count). The molecule has 0 N–H and O–H groups in total. The Balaban J connectivity index is 1.52. The number of piperidine rings is 1. The van der Waals surface area contributed by atoms with Gasteiger partial charge in [-0.25, -0.2) is 4.98 Å². The number of hydrogen-bond donors (Lipinski definition) is 0. The summed E-state index contributed by atoms with van der Waals surface area (Å²) in [5.41, 5.74) is 3.03. The van der Waals surface area contributed by atoms with Gasteiger partial charge in [-0.1, -0.05) is 60.4 Å². The van der Waals surface area contributed by atoms with E-state index in [1.807, 2.05) is 49.4 Å². The van der Waals surface area contributed by atoms with E-state index in [4.69, 9.17) is 17.2 Å². The molecule has 3 aromatic rings. The second kappa shape index (κ2) is 9.72. The lowest BCUT2D eigenvalue weighted by atomic mass is 10.1. The number of benzene rings is 1. The van der Waals surface area contributed by atoms with Crippen LogP contribution in [-0.4, -0.2) is 44.1 Å². The fourth-order valence-electron chi connectivity index (χ4n) is 4.43. The second-order valence-electron chi connectivity index (χ2n) is 8.71. The van der Waals surface area contributed by atoms with Crippen molar-refractivity contribution in [3.05, 3.63) is 80.6 Å². The monoisotopic (exact) mass is 490 g/mol. The first-order chi connectivity index (χ1) is 16.5. The van der Waals surface area contributed by atoms with E-state index in [-0.39, 0.29) is 11.5 Å². The molecule has 0 aliphatic carbocycles. The average Bonchev–Trinajstić information content (AvgIpc) is 3.13. The minimum atomic E-state index is -0.163. The Kier molecular flexibility index (Phi) is 6.52. The number of pyridine rings is 1. The highest BCUT2D eigenvalue weighted by Gasteiger charge is 2.32. The van der Waals surface area contributed by atoms with Gasteiger partial charge in [0.15, 0.2) is 0 Å². The number of nitrogens with zero attached hydrogens (tertiary/aromatic N) is 4. The molecule has 1 aromatic carbocycles. The zero-order valence-corrected chi connectivity index (χ0v) is 20.7. The molecule has 0 atom stereocenters. The predicted octanol–water partition coefficient (Wildman–Crippen LogP) is 4.44. The minimum absolute atomic E-state index is 0.149. The Morgan fingerprint density at radius 2 is 1.82 bits per heavy atom. The molecule has 0 unspecified atom stereocenters. The maximum Gasteiger partial charge on any atom is 0.267 e. The van der Waals surface area contributed by atoms with Gasteiger partial charge in [0.25, 0.3) is 11.5 Å². The molecule has 2 aliphatic heterocycles. The van der Waals surface area contributed by atoms with Gasteiger partial charge in [0.1, 0.15) is 15.8 Å². The van der Waals surface area contributed by atoms with Gasteiger partial charge in [-0.2, -0.15) is 0 Å². The van der Waals surface area contributed by atoms with Gasteiger partial charge < -0.3 is 4.90 Å². The fourth-order valence-corrected chi connectivity index (χ4v) is 5.72. The van der Waals surface area contributed by atoms with Crippen LogP contribution in [0.5, 0.6) is 0 Å². The summed E-state index contributed by atoms with van der Waals surface area (Å²) in [6.07, 6.45) is 7.53. The maximum atomic E-state index is 13.6. The first-order valence-electron chi connectivity index (χ1n) is 11.6. The Morgan fingerprint density at radius 1 is 1.06 bits per heavy atom. The molecular formula is C26H26N4O2S2. The highest BCUT2D eigenvalue weighted by molar-refractivity contribution is 8.26. The summed E-state index contributed by atoms with van der Waals surface area (Å²) in [6, 6.07) is 13.9. The maximum absolute atomic E-state index is 13.6. The summed E-state index contributed by atoms with van der Waals surface area (Å²) in [5, 5.41) is 0. The van der Waals surface area contributed by atoms with Crippen LogP contribution in [0.25, 0.3) is 11.7 Å². The number of thioether (sulfide) groups is 1. The first kappa shape index (κ1) is 22.8. The number of anilines is 1. The van der Waals surface area contributed by atoms with Crippen LogP contribution in [0.15, 0.2) is 58.4 Å². The van der Waals surface area contributed by atoms with Crippen LogP contribution in [-0.2, 0) is 11.2 Å². The van der Waals surface area contributed by atoms with Crippen LogP contribution < -0.4 is 10.5 Å². The molecule has 0 saturated carbocycles. The minimum Gasteiger partial charge on any atom is -0.356 e. The van der Waals surface area contributed by atoms with Crippen LogP contribution in [0.1, 0.15) is 36.0 Å². The number of amides is 1. The van der Waals surface area contributed by atoms with Crippen molar-refractivity contribution < 1.29 is 4.79 Å². The SMILES string of the molecule is Cc1ccc2nc(N3CCCCC3)c(/C=C3/SC(=S)N(CCc4ccccc4)C3=O)c(=O)n2c1. The van der Waals surface area contributed by atoms with Gasteiger partial charge in [0, 0.05) is 25.8 Å². The van der Waals surface area contributed by atoms with E-state index in [1.54, 1.807) is 21.6 Å². The summed E-state index contributed by atoms with van der Waals surface area (Å²) < 4.78 is 2.10. The van der Waals surface area contributed by atoms with Crippen molar-refractivity contribution in [2.75, 3.05) is 24.5 Å². The average molecular weight is 491 g/mol. The molecule has 2 aromatic heterocycles. The largest absolute Gasteiger partial charge is 0.356 e. The Labute approximate surface area is 208 Å². The highest BCUT2D eigenvalue weighted by Crippen LogP contribution is 2.34. The summed E-state index contributed by atoms with van der Waals surface area (Å²) in [7, 11) is 0. The van der Waals surface area contributed by atoms with E-state index in [0.29, 0.717) is 32.8 Å². The van der Waals surface area contributed by atoms with Gasteiger partial charge in [-0.05, 0) is 55.9 Å². The standard InChI is InChI=1S/C26H26N4O2S2/c1-18-10-11-22-27-23(28-13-6-3-7-14-28)20(24(31)30(22)17-18)16-21-25(32)29(26(33)34-21)15-12-19-8-4-2-5-9-19/h2,4-5,8-11,16-17H,3,6-7,12-15H2,1H3/b21-16+. The quantitative estimate of drug-likeness (QED) is 0.389. The number of rotatable bonds is 5. The zero-order chi connectivity index (χ0) is 23.7. The molecule has 6 nitrogen and oxygen atoms in total. The van der Waals surface area contributed by atoms with Crippen molar-refractivity contribution in [1.29, 1.82) is 0 Å². The number of fused-ring (bicyclic) bond motifs is 1. The van der Waals surface area contributed by atoms with E-state index in [0.717, 1.165) is 43.5 Å².